The smallest absolute Gasteiger partial charge is 0.251 e. The summed E-state index contributed by atoms with van der Waals surface area (Å²) in [5.41, 5.74) is 3.03. The number of carbonyl (C=O) groups excluding carboxylic acids is 1. The molecule has 1 unspecified atom stereocenters. The molecular weight excluding hydrogens is 276 g/mol. The molecule has 1 aromatic carbocycles. The quantitative estimate of drug-likeness (QED) is 0.789. The van der Waals surface area contributed by atoms with Gasteiger partial charge >= 0.3 is 0 Å². The van der Waals surface area contributed by atoms with Crippen LogP contribution in [0.15, 0.2) is 36.8 Å². The number of piperidine rings is 1. The van der Waals surface area contributed by atoms with Gasteiger partial charge in [-0.2, -0.15) is 0 Å². The molecule has 0 bridgehead atoms. The van der Waals surface area contributed by atoms with E-state index in [9.17, 15) is 4.79 Å². The number of benzene rings is 1. The maximum absolute atomic E-state index is 12.3. The summed E-state index contributed by atoms with van der Waals surface area (Å²) in [6.07, 6.45) is 6.59. The lowest BCUT2D eigenvalue weighted by molar-refractivity contribution is 0.0954. The summed E-state index contributed by atoms with van der Waals surface area (Å²) in [6.45, 7) is 2.71. The second kappa shape index (κ2) is 7.22. The van der Waals surface area contributed by atoms with Crippen molar-refractivity contribution in [2.75, 3.05) is 19.6 Å². The van der Waals surface area contributed by atoms with E-state index in [-0.39, 0.29) is 5.91 Å². The van der Waals surface area contributed by atoms with Crippen molar-refractivity contribution in [2.45, 2.75) is 25.2 Å². The third-order valence-electron chi connectivity index (χ3n) is 4.15. The molecule has 0 radical (unpaired) electrons. The Hall–Kier alpha value is -2.14. The Kier molecular flexibility index (Phi) is 4.85. The Balaban J connectivity index is 1.57. The first-order chi connectivity index (χ1) is 10.8. The van der Waals surface area contributed by atoms with Crippen LogP contribution in [-0.2, 0) is 6.42 Å². The van der Waals surface area contributed by atoms with Gasteiger partial charge in [0.25, 0.3) is 5.91 Å². The van der Waals surface area contributed by atoms with E-state index < -0.39 is 0 Å². The fourth-order valence-electron chi connectivity index (χ4n) is 2.90. The molecule has 0 aliphatic carbocycles. The van der Waals surface area contributed by atoms with E-state index in [4.69, 9.17) is 0 Å². The van der Waals surface area contributed by atoms with E-state index >= 15 is 0 Å². The highest BCUT2D eigenvalue weighted by atomic mass is 16.1. The Morgan fingerprint density at radius 1 is 1.41 bits per heavy atom. The van der Waals surface area contributed by atoms with Crippen LogP contribution in [-0.4, -0.2) is 35.5 Å². The number of aromatic nitrogens is 2. The largest absolute Gasteiger partial charge is 0.352 e. The van der Waals surface area contributed by atoms with Crippen LogP contribution in [0.3, 0.4) is 0 Å². The van der Waals surface area contributed by atoms with Crippen molar-refractivity contribution in [1.29, 1.82) is 0 Å². The molecule has 3 rings (SSSR count). The molecule has 5 heteroatoms. The van der Waals surface area contributed by atoms with Gasteiger partial charge < -0.3 is 15.6 Å². The van der Waals surface area contributed by atoms with Crippen molar-refractivity contribution >= 4 is 5.91 Å². The molecule has 2 aromatic rings. The summed E-state index contributed by atoms with van der Waals surface area (Å²) >= 11 is 0. The van der Waals surface area contributed by atoms with Gasteiger partial charge in [0, 0.05) is 37.0 Å². The van der Waals surface area contributed by atoms with Crippen LogP contribution < -0.4 is 10.6 Å². The van der Waals surface area contributed by atoms with E-state index in [1.807, 2.05) is 18.2 Å². The predicted molar refractivity (Wildman–Crippen MR) is 85.9 cm³/mol. The van der Waals surface area contributed by atoms with Crippen LogP contribution in [0, 0.1) is 0 Å². The van der Waals surface area contributed by atoms with Gasteiger partial charge in [-0.25, -0.2) is 4.98 Å². The summed E-state index contributed by atoms with van der Waals surface area (Å²) in [7, 11) is 0. The molecule has 1 fully saturated rings. The average Bonchev–Trinajstić information content (AvgIpc) is 3.09. The molecule has 2 heterocycles. The molecule has 1 atom stereocenters. The number of hydrogen-bond donors (Lipinski definition) is 3. The molecule has 1 amide bonds. The third kappa shape index (κ3) is 3.74. The van der Waals surface area contributed by atoms with Crippen molar-refractivity contribution < 1.29 is 4.79 Å². The number of H-pyrrole nitrogens is 1. The number of imidazole rings is 1. The molecule has 1 aromatic heterocycles. The number of hydrogen-bond acceptors (Lipinski definition) is 3. The second-order valence-electron chi connectivity index (χ2n) is 5.75. The highest BCUT2D eigenvalue weighted by Gasteiger charge is 2.16. The zero-order chi connectivity index (χ0) is 15.2. The van der Waals surface area contributed by atoms with E-state index in [1.54, 1.807) is 12.5 Å². The molecule has 1 saturated heterocycles. The number of amides is 1. The fourth-order valence-corrected chi connectivity index (χ4v) is 2.90. The zero-order valence-electron chi connectivity index (χ0n) is 12.6. The highest BCUT2D eigenvalue weighted by molar-refractivity contribution is 5.94. The van der Waals surface area contributed by atoms with Gasteiger partial charge in [0.2, 0.25) is 0 Å². The number of carbonyl (C=O) groups is 1. The Bertz CT molecular complexity index is 603. The monoisotopic (exact) mass is 298 g/mol. The van der Waals surface area contributed by atoms with Gasteiger partial charge in [-0.05, 0) is 43.0 Å². The Morgan fingerprint density at radius 3 is 3.14 bits per heavy atom. The first-order valence-corrected chi connectivity index (χ1v) is 7.89. The summed E-state index contributed by atoms with van der Waals surface area (Å²) < 4.78 is 0. The van der Waals surface area contributed by atoms with E-state index in [1.165, 1.54) is 18.4 Å². The van der Waals surface area contributed by atoms with Crippen molar-refractivity contribution in [2.24, 2.45) is 0 Å². The topological polar surface area (TPSA) is 69.8 Å². The van der Waals surface area contributed by atoms with Crippen LogP contribution in [0.25, 0.3) is 0 Å². The van der Waals surface area contributed by atoms with Crippen molar-refractivity contribution in [3.63, 3.8) is 0 Å². The number of nitrogens with one attached hydrogen (secondary N) is 3. The van der Waals surface area contributed by atoms with Gasteiger partial charge in [0.05, 0.1) is 6.33 Å². The minimum Gasteiger partial charge on any atom is -0.352 e. The Labute approximate surface area is 130 Å². The lowest BCUT2D eigenvalue weighted by Crippen LogP contribution is -2.29. The fraction of sp³-hybridized carbons (Fsp3) is 0.412. The van der Waals surface area contributed by atoms with Gasteiger partial charge in [-0.1, -0.05) is 12.1 Å². The van der Waals surface area contributed by atoms with Crippen LogP contribution in [0.2, 0.25) is 0 Å². The minimum atomic E-state index is -0.00914. The van der Waals surface area contributed by atoms with Gasteiger partial charge in [-0.15, -0.1) is 0 Å². The number of aromatic amines is 1. The summed E-state index contributed by atoms with van der Waals surface area (Å²) in [5.74, 6) is 0.511. The molecule has 5 nitrogen and oxygen atoms in total. The molecule has 3 N–H and O–H groups in total. The maximum Gasteiger partial charge on any atom is 0.251 e. The minimum absolute atomic E-state index is 0.00914. The number of nitrogens with zero attached hydrogens (tertiary/aromatic N) is 1. The van der Waals surface area contributed by atoms with Crippen molar-refractivity contribution in [3.05, 3.63) is 53.6 Å². The van der Waals surface area contributed by atoms with E-state index in [2.05, 4.69) is 26.7 Å². The van der Waals surface area contributed by atoms with Crippen LogP contribution in [0.1, 0.15) is 40.4 Å². The van der Waals surface area contributed by atoms with Crippen LogP contribution >= 0.6 is 0 Å². The molecular formula is C17H22N4O. The first kappa shape index (κ1) is 14.8. The predicted octanol–water partition coefficient (Wildman–Crippen LogP) is 1.85. The summed E-state index contributed by atoms with van der Waals surface area (Å²) in [6, 6.07) is 8.02. The summed E-state index contributed by atoms with van der Waals surface area (Å²) in [4.78, 5) is 19.3. The molecule has 0 saturated carbocycles. The average molecular weight is 298 g/mol. The number of rotatable bonds is 5. The third-order valence-corrected chi connectivity index (χ3v) is 4.15. The second-order valence-corrected chi connectivity index (χ2v) is 5.75. The highest BCUT2D eigenvalue weighted by Crippen LogP contribution is 2.23. The molecule has 1 aliphatic heterocycles. The van der Waals surface area contributed by atoms with Crippen molar-refractivity contribution in [3.8, 4) is 0 Å². The van der Waals surface area contributed by atoms with Crippen LogP contribution in [0.4, 0.5) is 0 Å². The van der Waals surface area contributed by atoms with Gasteiger partial charge in [0.1, 0.15) is 0 Å². The van der Waals surface area contributed by atoms with Crippen LogP contribution in [0.5, 0.6) is 0 Å². The summed E-state index contributed by atoms with van der Waals surface area (Å²) in [5, 5.41) is 6.39. The molecule has 116 valence electrons. The Morgan fingerprint density at radius 2 is 2.36 bits per heavy atom. The van der Waals surface area contributed by atoms with E-state index in [0.717, 1.165) is 30.8 Å². The lowest BCUT2D eigenvalue weighted by Gasteiger charge is -2.23. The maximum atomic E-state index is 12.3. The normalized spacial score (nSPS) is 18.1. The van der Waals surface area contributed by atoms with Crippen molar-refractivity contribution in [1.82, 2.24) is 20.6 Å². The SMILES string of the molecule is O=C(NCCc1cnc[nH]1)c1cccc(C2CCCNC2)c1. The van der Waals surface area contributed by atoms with E-state index in [0.29, 0.717) is 12.5 Å². The van der Waals surface area contributed by atoms with Gasteiger partial charge in [0.15, 0.2) is 0 Å². The molecule has 0 spiro atoms. The molecule has 1 aliphatic rings. The zero-order valence-corrected chi connectivity index (χ0v) is 12.6. The lowest BCUT2D eigenvalue weighted by atomic mass is 9.90. The molecule has 22 heavy (non-hydrogen) atoms. The van der Waals surface area contributed by atoms with Gasteiger partial charge in [-0.3, -0.25) is 4.79 Å². The first-order valence-electron chi connectivity index (χ1n) is 7.89. The standard InChI is InChI=1S/C17H22N4O/c22-17(20-8-6-16-11-19-12-21-16)14-4-1-3-13(9-14)15-5-2-7-18-10-15/h1,3-4,9,11-12,15,18H,2,5-8,10H2,(H,19,21)(H,20,22).